The number of aromatic nitrogens is 4. The average molecular weight is 876 g/mol. The van der Waals surface area contributed by atoms with Gasteiger partial charge in [-0.25, -0.2) is 33.1 Å². The van der Waals surface area contributed by atoms with E-state index in [4.69, 9.17) is 9.72 Å². The second-order valence-electron chi connectivity index (χ2n) is 17.5. The first-order chi connectivity index (χ1) is 29.0. The summed E-state index contributed by atoms with van der Waals surface area (Å²) in [6, 6.07) is 3.43. The van der Waals surface area contributed by atoms with E-state index in [1.54, 1.807) is 14.0 Å². The summed E-state index contributed by atoms with van der Waals surface area (Å²) in [6.45, 7) is 12.9. The van der Waals surface area contributed by atoms with Crippen LogP contribution < -0.4 is 10.7 Å². The molecule has 328 valence electrons. The number of aryl methyl sites for hydroxylation is 1. The Hall–Kier alpha value is -4.78. The van der Waals surface area contributed by atoms with Crippen LogP contribution in [0, 0.1) is 17.3 Å². The van der Waals surface area contributed by atoms with Crippen LogP contribution in [0.2, 0.25) is 0 Å². The van der Waals surface area contributed by atoms with Gasteiger partial charge in [-0.2, -0.15) is 0 Å². The van der Waals surface area contributed by atoms with Gasteiger partial charge in [-0.15, -0.1) is 11.3 Å². The van der Waals surface area contributed by atoms with Gasteiger partial charge >= 0.3 is 5.97 Å². The molecule has 61 heavy (non-hydrogen) atoms. The number of fused-ring (bicyclic) bond motifs is 6. The lowest BCUT2D eigenvalue weighted by atomic mass is 9.84. The number of hydrogen-bond acceptors (Lipinski definition) is 12. The Morgan fingerprint density at radius 2 is 1.85 bits per heavy atom. The molecule has 3 aromatic heterocycles. The minimum Gasteiger partial charge on any atom is -0.464 e. The number of nitrogens with zero attached hydrogens (tertiary/aromatic N) is 7. The first-order valence-corrected chi connectivity index (χ1v) is 23.6. The predicted octanol–water partition coefficient (Wildman–Crippen LogP) is 4.04. The largest absolute Gasteiger partial charge is 0.464 e. The van der Waals surface area contributed by atoms with E-state index in [0.717, 1.165) is 39.0 Å². The minimum atomic E-state index is -3.47. The number of nitrogens with one attached hydrogen (secondary N) is 2. The molecule has 0 spiro atoms. The van der Waals surface area contributed by atoms with Crippen molar-refractivity contribution in [3.8, 4) is 22.5 Å². The third-order valence-corrected chi connectivity index (χ3v) is 14.8. The fraction of sp³-hybridized carbons (Fsp3) is 0.558. The van der Waals surface area contributed by atoms with Crippen LogP contribution in [0.3, 0.4) is 0 Å². The highest BCUT2D eigenvalue weighted by Gasteiger charge is 2.41. The van der Waals surface area contributed by atoms with Crippen LogP contribution in [0.1, 0.15) is 71.4 Å². The number of carbonyl (C=O) groups is 4. The molecule has 2 saturated heterocycles. The van der Waals surface area contributed by atoms with Crippen LogP contribution in [0.15, 0.2) is 42.3 Å². The zero-order chi connectivity index (χ0) is 43.8. The molecule has 4 atom stereocenters. The van der Waals surface area contributed by atoms with E-state index < -0.39 is 57.3 Å². The van der Waals surface area contributed by atoms with Crippen molar-refractivity contribution in [2.24, 2.45) is 17.3 Å². The monoisotopic (exact) mass is 875 g/mol. The molecule has 16 nitrogen and oxygen atoms in total. The van der Waals surface area contributed by atoms with Gasteiger partial charge in [0.1, 0.15) is 24.5 Å². The Kier molecular flexibility index (Phi) is 13.0. The number of esters is 1. The molecule has 0 radical (unpaired) electrons. The van der Waals surface area contributed by atoms with Crippen molar-refractivity contribution in [3.05, 3.63) is 52.9 Å². The van der Waals surface area contributed by atoms with E-state index in [0.29, 0.717) is 43.8 Å². The summed E-state index contributed by atoms with van der Waals surface area (Å²) in [4.78, 5) is 71.5. The maximum Gasteiger partial charge on any atom is 0.324 e. The summed E-state index contributed by atoms with van der Waals surface area (Å²) in [7, 11) is -1.91. The molecule has 1 aromatic carbocycles. The van der Waals surface area contributed by atoms with Crippen molar-refractivity contribution in [2.75, 3.05) is 39.0 Å². The minimum absolute atomic E-state index is 0.0577. The Morgan fingerprint density at radius 3 is 2.56 bits per heavy atom. The Labute approximate surface area is 361 Å². The van der Waals surface area contributed by atoms with Gasteiger partial charge in [-0.1, -0.05) is 33.8 Å². The van der Waals surface area contributed by atoms with Crippen LogP contribution in [0.25, 0.3) is 33.4 Å². The van der Waals surface area contributed by atoms with Crippen LogP contribution in [0.4, 0.5) is 0 Å². The fourth-order valence-corrected chi connectivity index (χ4v) is 10.9. The number of likely N-dealkylation sites (N-methyl/N-ethyl adjacent to an activating group) is 1. The SMILES string of the molecule is CCn1c(-c2cncnc2)c2c3cc(ccc31)-c1csc(n1)C[C@H](NC(=O)[C@H](C(C)C)N(C)C(=O)[C@H]1CCN(S(=O)(=O)CC)C1)C(=O)N1CCC[C@H](N1)C(=O)OCC(C)(C)C2. The molecule has 6 bridgehead atoms. The van der Waals surface area contributed by atoms with E-state index in [1.165, 1.54) is 31.9 Å². The third kappa shape index (κ3) is 9.22. The van der Waals surface area contributed by atoms with Gasteiger partial charge in [0.2, 0.25) is 21.8 Å². The van der Waals surface area contributed by atoms with E-state index in [-0.39, 0.29) is 43.7 Å². The van der Waals surface area contributed by atoms with Gasteiger partial charge in [0.25, 0.3) is 5.91 Å². The molecule has 18 heteroatoms. The molecule has 0 saturated carbocycles. The summed E-state index contributed by atoms with van der Waals surface area (Å²) in [5, 5.41) is 7.98. The normalized spacial score (nSPS) is 21.9. The number of amides is 3. The maximum atomic E-state index is 14.5. The molecule has 3 aliphatic heterocycles. The van der Waals surface area contributed by atoms with Crippen LogP contribution in [0.5, 0.6) is 0 Å². The van der Waals surface area contributed by atoms with Crippen molar-refractivity contribution in [2.45, 2.75) is 98.3 Å². The lowest BCUT2D eigenvalue weighted by molar-refractivity contribution is -0.155. The van der Waals surface area contributed by atoms with E-state index in [9.17, 15) is 27.6 Å². The highest BCUT2D eigenvalue weighted by atomic mass is 32.2. The number of cyclic esters (lactones) is 1. The predicted molar refractivity (Wildman–Crippen MR) is 232 cm³/mol. The highest BCUT2D eigenvalue weighted by molar-refractivity contribution is 7.89. The summed E-state index contributed by atoms with van der Waals surface area (Å²) >= 11 is 1.39. The number of benzene rings is 1. The topological polar surface area (TPSA) is 189 Å². The van der Waals surface area contributed by atoms with Gasteiger partial charge in [-0.05, 0) is 63.1 Å². The Morgan fingerprint density at radius 1 is 1.10 bits per heavy atom. The quantitative estimate of drug-likeness (QED) is 0.231. The summed E-state index contributed by atoms with van der Waals surface area (Å²) in [5.74, 6) is -2.76. The maximum absolute atomic E-state index is 14.5. The molecule has 7 rings (SSSR count). The van der Waals surface area contributed by atoms with E-state index in [1.807, 2.05) is 37.7 Å². The van der Waals surface area contributed by atoms with Crippen molar-refractivity contribution >= 4 is 56.0 Å². The first kappa shape index (κ1) is 44.3. The van der Waals surface area contributed by atoms with Crippen LogP contribution >= 0.6 is 11.3 Å². The highest BCUT2D eigenvalue weighted by Crippen LogP contribution is 2.40. The van der Waals surface area contributed by atoms with Gasteiger partial charge in [0.05, 0.1) is 34.7 Å². The fourth-order valence-electron chi connectivity index (χ4n) is 8.93. The van der Waals surface area contributed by atoms with Gasteiger partial charge < -0.3 is 19.5 Å². The molecule has 3 amide bonds. The van der Waals surface area contributed by atoms with Crippen molar-refractivity contribution in [1.82, 2.24) is 44.5 Å². The number of hydrogen-bond donors (Lipinski definition) is 2. The average Bonchev–Trinajstić information content (AvgIpc) is 4.00. The lowest BCUT2D eigenvalue weighted by Crippen LogP contribution is -2.62. The molecule has 2 fully saturated rings. The van der Waals surface area contributed by atoms with Crippen molar-refractivity contribution < 1.29 is 32.3 Å². The van der Waals surface area contributed by atoms with Crippen molar-refractivity contribution in [3.63, 3.8) is 0 Å². The molecular formula is C43H57N9O7S2. The lowest BCUT2D eigenvalue weighted by Gasteiger charge is -2.36. The Bertz CT molecular complexity index is 2400. The van der Waals surface area contributed by atoms with Gasteiger partial charge in [-0.3, -0.25) is 24.2 Å². The number of rotatable bonds is 9. The Balaban J connectivity index is 1.24. The number of sulfonamides is 1. The summed E-state index contributed by atoms with van der Waals surface area (Å²) in [5.41, 5.74) is 8.24. The smallest absolute Gasteiger partial charge is 0.324 e. The molecule has 0 aliphatic carbocycles. The van der Waals surface area contributed by atoms with E-state index >= 15 is 0 Å². The molecule has 3 aliphatic rings. The summed E-state index contributed by atoms with van der Waals surface area (Å²) in [6.07, 6.45) is 7.13. The van der Waals surface area contributed by atoms with E-state index in [2.05, 4.69) is 58.2 Å². The number of thiazole rings is 1. The number of carbonyl (C=O) groups excluding carboxylic acids is 4. The van der Waals surface area contributed by atoms with Crippen LogP contribution in [-0.2, 0) is 53.3 Å². The van der Waals surface area contributed by atoms with Gasteiger partial charge in [0.15, 0.2) is 0 Å². The standard InChI is InChI=1S/C43H57N9O7S2/c1-8-51-35-13-12-27-17-30(35)31(38(51)29-20-44-25-45-21-29)19-43(5,6)24-59-42(56)32-11-10-15-52(48-32)41(55)33(18-36-46-34(27)23-60-36)47-39(53)37(26(3)4)49(7)40(54)28-14-16-50(22-28)61(57,58)9-2/h12-13,17,20-21,23,25-26,28,32-33,37,48H,8-11,14-16,18-19,22,24H2,1-7H3,(H,47,53)/t28-,32-,33-,37-/m0/s1. The van der Waals surface area contributed by atoms with Crippen LogP contribution in [-0.4, -0.2) is 123 Å². The zero-order valence-electron chi connectivity index (χ0n) is 36.0. The van der Waals surface area contributed by atoms with Gasteiger partial charge in [0, 0.05) is 84.9 Å². The first-order valence-electron chi connectivity index (χ1n) is 21.2. The number of ether oxygens (including phenoxy) is 1. The third-order valence-electron chi connectivity index (χ3n) is 12.1. The second kappa shape index (κ2) is 17.9. The molecule has 2 N–H and O–H groups in total. The second-order valence-corrected chi connectivity index (χ2v) is 20.7. The molecule has 4 aromatic rings. The zero-order valence-corrected chi connectivity index (χ0v) is 37.6. The molecule has 6 heterocycles. The molecular weight excluding hydrogens is 819 g/mol. The van der Waals surface area contributed by atoms with Crippen molar-refractivity contribution in [1.29, 1.82) is 0 Å². The molecule has 0 unspecified atom stereocenters. The summed E-state index contributed by atoms with van der Waals surface area (Å²) < 4.78 is 34.7. The number of hydrazine groups is 1.